The minimum absolute atomic E-state index is 0.122. The molecule has 0 spiro atoms. The summed E-state index contributed by atoms with van der Waals surface area (Å²) in [4.78, 5) is 11.5. The van der Waals surface area contributed by atoms with Crippen molar-refractivity contribution in [1.29, 1.82) is 0 Å². The molecular weight excluding hydrogens is 210 g/mol. The third-order valence-electron chi connectivity index (χ3n) is 2.74. The van der Waals surface area contributed by atoms with Crippen LogP contribution in [0.15, 0.2) is 35.1 Å². The SMILES string of the molecule is CC(Cl)C(=O)NC1=CCCC2=C1CC=C2. The predicted octanol–water partition coefficient (Wildman–Crippen LogP) is 2.66. The average Bonchev–Trinajstić information content (AvgIpc) is 2.66. The van der Waals surface area contributed by atoms with Crippen LogP contribution in [0, 0.1) is 0 Å². The van der Waals surface area contributed by atoms with Crippen molar-refractivity contribution in [2.45, 2.75) is 31.6 Å². The minimum Gasteiger partial charge on any atom is -0.325 e. The molecule has 0 radical (unpaired) electrons. The molecule has 1 N–H and O–H groups in total. The third kappa shape index (κ3) is 2.15. The molecule has 0 fully saturated rings. The highest BCUT2D eigenvalue weighted by Gasteiger charge is 2.19. The zero-order valence-corrected chi connectivity index (χ0v) is 9.47. The minimum atomic E-state index is -0.480. The second-order valence-corrected chi connectivity index (χ2v) is 4.53. The van der Waals surface area contributed by atoms with Crippen LogP contribution in [0.3, 0.4) is 0 Å². The van der Waals surface area contributed by atoms with E-state index in [1.807, 2.05) is 0 Å². The molecule has 2 aliphatic rings. The van der Waals surface area contributed by atoms with Gasteiger partial charge in [0.15, 0.2) is 0 Å². The Labute approximate surface area is 94.7 Å². The molecule has 0 bridgehead atoms. The van der Waals surface area contributed by atoms with Gasteiger partial charge in [0.2, 0.25) is 5.91 Å². The molecule has 0 saturated carbocycles. The maximum absolute atomic E-state index is 11.5. The fourth-order valence-electron chi connectivity index (χ4n) is 1.92. The molecule has 3 heteroatoms. The van der Waals surface area contributed by atoms with E-state index in [0.717, 1.165) is 25.0 Å². The standard InChI is InChI=1S/C12H14ClNO/c1-8(13)12(15)14-11-7-3-5-9-4-2-6-10(9)11/h2,4,7-8H,3,5-6H2,1H3,(H,14,15). The zero-order chi connectivity index (χ0) is 10.8. The van der Waals surface area contributed by atoms with E-state index < -0.39 is 5.38 Å². The molecule has 1 atom stereocenters. The van der Waals surface area contributed by atoms with Crippen LogP contribution in [0.5, 0.6) is 0 Å². The lowest BCUT2D eigenvalue weighted by Gasteiger charge is -2.18. The number of nitrogens with one attached hydrogen (secondary N) is 1. The Kier molecular flexibility index (Phi) is 2.96. The molecule has 2 rings (SSSR count). The number of hydrogen-bond acceptors (Lipinski definition) is 1. The Morgan fingerprint density at radius 2 is 2.40 bits per heavy atom. The van der Waals surface area contributed by atoms with Gasteiger partial charge >= 0.3 is 0 Å². The van der Waals surface area contributed by atoms with Crippen molar-refractivity contribution < 1.29 is 4.79 Å². The van der Waals surface area contributed by atoms with Crippen LogP contribution in [0.1, 0.15) is 26.2 Å². The van der Waals surface area contributed by atoms with E-state index in [2.05, 4.69) is 23.5 Å². The van der Waals surface area contributed by atoms with Crippen molar-refractivity contribution in [1.82, 2.24) is 5.32 Å². The maximum Gasteiger partial charge on any atom is 0.242 e. The van der Waals surface area contributed by atoms with Gasteiger partial charge in [-0.1, -0.05) is 18.2 Å². The van der Waals surface area contributed by atoms with Gasteiger partial charge in [-0.3, -0.25) is 4.79 Å². The first kappa shape index (κ1) is 10.5. The first-order valence-corrected chi connectivity index (χ1v) is 5.66. The van der Waals surface area contributed by atoms with E-state index >= 15 is 0 Å². The number of carbonyl (C=O) groups excluding carboxylic acids is 1. The smallest absolute Gasteiger partial charge is 0.242 e. The lowest BCUT2D eigenvalue weighted by atomic mass is 9.97. The highest BCUT2D eigenvalue weighted by molar-refractivity contribution is 6.30. The molecule has 15 heavy (non-hydrogen) atoms. The highest BCUT2D eigenvalue weighted by Crippen LogP contribution is 2.31. The molecule has 0 saturated heterocycles. The van der Waals surface area contributed by atoms with Crippen molar-refractivity contribution in [3.05, 3.63) is 35.1 Å². The molecule has 1 amide bonds. The van der Waals surface area contributed by atoms with Crippen molar-refractivity contribution >= 4 is 17.5 Å². The Hall–Kier alpha value is -1.02. The van der Waals surface area contributed by atoms with Crippen molar-refractivity contribution in [3.8, 4) is 0 Å². The normalized spacial score (nSPS) is 21.1. The number of alkyl halides is 1. The van der Waals surface area contributed by atoms with Gasteiger partial charge in [-0.2, -0.15) is 0 Å². The first-order valence-electron chi connectivity index (χ1n) is 5.22. The summed E-state index contributed by atoms with van der Waals surface area (Å²) in [6.07, 6.45) is 9.39. The quantitative estimate of drug-likeness (QED) is 0.717. The summed E-state index contributed by atoms with van der Waals surface area (Å²) >= 11 is 5.72. The molecule has 0 aromatic heterocycles. The fourth-order valence-corrected chi connectivity index (χ4v) is 1.98. The Morgan fingerprint density at radius 3 is 3.13 bits per heavy atom. The summed E-state index contributed by atoms with van der Waals surface area (Å²) in [7, 11) is 0. The summed E-state index contributed by atoms with van der Waals surface area (Å²) < 4.78 is 0. The van der Waals surface area contributed by atoms with E-state index in [1.165, 1.54) is 11.1 Å². The van der Waals surface area contributed by atoms with E-state index in [9.17, 15) is 4.79 Å². The number of allylic oxidation sites excluding steroid dienone is 5. The first-order chi connectivity index (χ1) is 7.18. The third-order valence-corrected chi connectivity index (χ3v) is 2.93. The van der Waals surface area contributed by atoms with E-state index in [-0.39, 0.29) is 5.91 Å². The van der Waals surface area contributed by atoms with Crippen LogP contribution in [0.2, 0.25) is 0 Å². The number of carbonyl (C=O) groups is 1. The van der Waals surface area contributed by atoms with Gasteiger partial charge < -0.3 is 5.32 Å². The molecule has 2 aliphatic carbocycles. The average molecular weight is 224 g/mol. The second kappa shape index (κ2) is 4.23. The van der Waals surface area contributed by atoms with Crippen LogP contribution in [0.25, 0.3) is 0 Å². The molecule has 2 nitrogen and oxygen atoms in total. The summed E-state index contributed by atoms with van der Waals surface area (Å²) in [6, 6.07) is 0. The molecule has 0 aliphatic heterocycles. The lowest BCUT2D eigenvalue weighted by Crippen LogP contribution is -2.30. The van der Waals surface area contributed by atoms with Crippen molar-refractivity contribution in [2.24, 2.45) is 0 Å². The number of halogens is 1. The summed E-state index contributed by atoms with van der Waals surface area (Å²) in [5.41, 5.74) is 3.57. The number of rotatable bonds is 2. The van der Waals surface area contributed by atoms with Gasteiger partial charge in [0.25, 0.3) is 0 Å². The molecule has 0 aromatic carbocycles. The largest absolute Gasteiger partial charge is 0.325 e. The van der Waals surface area contributed by atoms with Crippen molar-refractivity contribution in [2.75, 3.05) is 0 Å². The van der Waals surface area contributed by atoms with Gasteiger partial charge in [-0.05, 0) is 37.3 Å². The number of amides is 1. The van der Waals surface area contributed by atoms with E-state index in [4.69, 9.17) is 11.6 Å². The Bertz CT molecular complexity index is 377. The predicted molar refractivity (Wildman–Crippen MR) is 61.6 cm³/mol. The van der Waals surface area contributed by atoms with Gasteiger partial charge in [-0.25, -0.2) is 0 Å². The van der Waals surface area contributed by atoms with Gasteiger partial charge in [-0.15, -0.1) is 11.6 Å². The summed E-state index contributed by atoms with van der Waals surface area (Å²) in [5, 5.41) is 2.40. The molecule has 1 unspecified atom stereocenters. The topological polar surface area (TPSA) is 29.1 Å². The molecule has 80 valence electrons. The number of hydrogen-bond donors (Lipinski definition) is 1. The summed E-state index contributed by atoms with van der Waals surface area (Å²) in [5.74, 6) is -0.122. The Morgan fingerprint density at radius 1 is 1.60 bits per heavy atom. The van der Waals surface area contributed by atoms with E-state index in [0.29, 0.717) is 0 Å². The van der Waals surface area contributed by atoms with Gasteiger partial charge in [0.05, 0.1) is 0 Å². The fraction of sp³-hybridized carbons (Fsp3) is 0.417. The monoisotopic (exact) mass is 223 g/mol. The Balaban J connectivity index is 2.11. The van der Waals surface area contributed by atoms with Crippen LogP contribution in [0.4, 0.5) is 0 Å². The zero-order valence-electron chi connectivity index (χ0n) is 8.72. The van der Waals surface area contributed by atoms with Crippen LogP contribution in [-0.4, -0.2) is 11.3 Å². The van der Waals surface area contributed by atoms with Crippen LogP contribution in [-0.2, 0) is 4.79 Å². The van der Waals surface area contributed by atoms with Crippen LogP contribution < -0.4 is 5.32 Å². The maximum atomic E-state index is 11.5. The molecule has 0 heterocycles. The van der Waals surface area contributed by atoms with Crippen LogP contribution >= 0.6 is 11.6 Å². The van der Waals surface area contributed by atoms with Crippen molar-refractivity contribution in [3.63, 3.8) is 0 Å². The highest BCUT2D eigenvalue weighted by atomic mass is 35.5. The lowest BCUT2D eigenvalue weighted by molar-refractivity contribution is -0.119. The van der Waals surface area contributed by atoms with E-state index in [1.54, 1.807) is 6.92 Å². The van der Waals surface area contributed by atoms with Gasteiger partial charge in [0, 0.05) is 5.70 Å². The van der Waals surface area contributed by atoms with Gasteiger partial charge in [0.1, 0.15) is 5.38 Å². The molecular formula is C12H14ClNO. The molecule has 0 aromatic rings. The second-order valence-electron chi connectivity index (χ2n) is 3.87. The summed E-state index contributed by atoms with van der Waals surface area (Å²) in [6.45, 7) is 1.68.